The van der Waals surface area contributed by atoms with Gasteiger partial charge in [0.2, 0.25) is 0 Å². The van der Waals surface area contributed by atoms with Crippen molar-refractivity contribution in [3.05, 3.63) is 40.1 Å². The number of hydrogen-bond acceptors (Lipinski definition) is 2. The number of carbonyl (C=O) groups is 1. The number of rotatable bonds is 2. The van der Waals surface area contributed by atoms with E-state index in [0.29, 0.717) is 21.9 Å². The first kappa shape index (κ1) is 10.1. The van der Waals surface area contributed by atoms with E-state index in [1.54, 1.807) is 12.1 Å². The van der Waals surface area contributed by atoms with Crippen molar-refractivity contribution < 1.29 is 9.90 Å². The van der Waals surface area contributed by atoms with Crippen LogP contribution in [0.2, 0.25) is 10.0 Å². The van der Waals surface area contributed by atoms with Gasteiger partial charge in [-0.15, -0.1) is 0 Å². The number of aldehydes is 1. The van der Waals surface area contributed by atoms with Crippen LogP contribution in [0.3, 0.4) is 0 Å². The fourth-order valence-electron chi connectivity index (χ4n) is 0.849. The predicted octanol–water partition coefficient (Wildman–Crippen LogP) is 3.09. The highest BCUT2D eigenvalue weighted by atomic mass is 35.5. The van der Waals surface area contributed by atoms with Gasteiger partial charge in [0.1, 0.15) is 0 Å². The fourth-order valence-corrected chi connectivity index (χ4v) is 1.15. The Morgan fingerprint density at radius 1 is 1.31 bits per heavy atom. The molecule has 4 heteroatoms. The molecule has 0 spiro atoms. The highest BCUT2D eigenvalue weighted by Gasteiger charge is 2.03. The maximum atomic E-state index is 10.4. The van der Waals surface area contributed by atoms with Crippen LogP contribution in [0.5, 0.6) is 0 Å². The van der Waals surface area contributed by atoms with Crippen molar-refractivity contribution in [3.63, 3.8) is 0 Å². The van der Waals surface area contributed by atoms with Gasteiger partial charge in [0.05, 0.1) is 21.9 Å². The third kappa shape index (κ3) is 2.23. The summed E-state index contributed by atoms with van der Waals surface area (Å²) in [4.78, 5) is 10.4. The second-order valence-corrected chi connectivity index (χ2v) is 3.15. The number of benzene rings is 1. The van der Waals surface area contributed by atoms with Gasteiger partial charge in [-0.2, -0.15) is 0 Å². The third-order valence-corrected chi connectivity index (χ3v) is 2.26. The highest BCUT2D eigenvalue weighted by molar-refractivity contribution is 6.42. The molecule has 0 fully saturated rings. The molecule has 0 atom stereocenters. The molecule has 1 aromatic rings. The lowest BCUT2D eigenvalue weighted by molar-refractivity contribution is -0.103. The Bertz CT molecular complexity index is 359. The molecule has 0 aliphatic heterocycles. The van der Waals surface area contributed by atoms with E-state index in [0.717, 1.165) is 6.26 Å². The maximum Gasteiger partial charge on any atom is 0.153 e. The van der Waals surface area contributed by atoms with Crippen molar-refractivity contribution >= 4 is 35.1 Å². The van der Waals surface area contributed by atoms with Gasteiger partial charge in [-0.3, -0.25) is 4.79 Å². The SMILES string of the molecule is O=C/C(=C/O)c1ccc(Cl)c(Cl)c1. The van der Waals surface area contributed by atoms with Crippen molar-refractivity contribution in [1.82, 2.24) is 0 Å². The van der Waals surface area contributed by atoms with Crippen LogP contribution in [0.1, 0.15) is 5.56 Å². The summed E-state index contributed by atoms with van der Waals surface area (Å²) >= 11 is 11.4. The van der Waals surface area contributed by atoms with Crippen molar-refractivity contribution in [2.45, 2.75) is 0 Å². The second-order valence-electron chi connectivity index (χ2n) is 2.33. The maximum absolute atomic E-state index is 10.4. The lowest BCUT2D eigenvalue weighted by Gasteiger charge is -2.00. The Morgan fingerprint density at radius 2 is 2.00 bits per heavy atom. The van der Waals surface area contributed by atoms with E-state index in [1.807, 2.05) is 0 Å². The average Bonchev–Trinajstić information content (AvgIpc) is 2.13. The van der Waals surface area contributed by atoms with Crippen LogP contribution in [-0.4, -0.2) is 11.4 Å². The first-order chi connectivity index (χ1) is 6.19. The first-order valence-electron chi connectivity index (χ1n) is 3.44. The van der Waals surface area contributed by atoms with Crippen LogP contribution < -0.4 is 0 Å². The molecule has 0 aromatic heterocycles. The Kier molecular flexibility index (Phi) is 3.34. The van der Waals surface area contributed by atoms with Crippen LogP contribution in [0, 0.1) is 0 Å². The smallest absolute Gasteiger partial charge is 0.153 e. The number of halogens is 2. The van der Waals surface area contributed by atoms with Crippen LogP contribution >= 0.6 is 23.2 Å². The molecule has 0 amide bonds. The van der Waals surface area contributed by atoms with Gasteiger partial charge in [-0.1, -0.05) is 29.3 Å². The Hall–Kier alpha value is -0.990. The molecule has 0 heterocycles. The molecule has 0 aliphatic carbocycles. The van der Waals surface area contributed by atoms with Crippen LogP contribution in [0.25, 0.3) is 5.57 Å². The molecule has 0 unspecified atom stereocenters. The molecule has 0 saturated heterocycles. The van der Waals surface area contributed by atoms with E-state index in [-0.39, 0.29) is 5.57 Å². The summed E-state index contributed by atoms with van der Waals surface area (Å²) in [6.45, 7) is 0. The zero-order chi connectivity index (χ0) is 9.84. The van der Waals surface area contributed by atoms with E-state index in [2.05, 4.69) is 0 Å². The number of aliphatic hydroxyl groups excluding tert-OH is 1. The summed E-state index contributed by atoms with van der Waals surface area (Å²) in [5.41, 5.74) is 0.700. The van der Waals surface area contributed by atoms with E-state index < -0.39 is 0 Å². The molecular weight excluding hydrogens is 211 g/mol. The Labute approximate surface area is 85.4 Å². The standard InChI is InChI=1S/C9H6Cl2O2/c10-8-2-1-6(3-9(8)11)7(4-12)5-13/h1-5,12H/b7-4-. The number of hydrogen-bond donors (Lipinski definition) is 1. The lowest BCUT2D eigenvalue weighted by Crippen LogP contribution is -1.85. The zero-order valence-corrected chi connectivity index (χ0v) is 8.01. The van der Waals surface area contributed by atoms with Crippen molar-refractivity contribution in [2.24, 2.45) is 0 Å². The minimum atomic E-state index is 0.165. The molecule has 68 valence electrons. The third-order valence-electron chi connectivity index (χ3n) is 1.52. The van der Waals surface area contributed by atoms with Gasteiger partial charge in [0.25, 0.3) is 0 Å². The van der Waals surface area contributed by atoms with Gasteiger partial charge in [-0.25, -0.2) is 0 Å². The van der Waals surface area contributed by atoms with Crippen molar-refractivity contribution in [2.75, 3.05) is 0 Å². The molecule has 0 saturated carbocycles. The normalized spacial score (nSPS) is 11.4. The number of carbonyl (C=O) groups excluding carboxylic acids is 1. The quantitative estimate of drug-likeness (QED) is 0.469. The van der Waals surface area contributed by atoms with Gasteiger partial charge in [-0.05, 0) is 17.7 Å². The fraction of sp³-hybridized carbons (Fsp3) is 0. The molecule has 1 N–H and O–H groups in total. The van der Waals surface area contributed by atoms with E-state index in [9.17, 15) is 4.79 Å². The number of allylic oxidation sites excluding steroid dienone is 1. The van der Waals surface area contributed by atoms with Gasteiger partial charge in [0, 0.05) is 0 Å². The Balaban J connectivity index is 3.17. The summed E-state index contributed by atoms with van der Waals surface area (Å²) in [6, 6.07) is 4.68. The lowest BCUT2D eigenvalue weighted by atomic mass is 10.1. The van der Waals surface area contributed by atoms with E-state index >= 15 is 0 Å². The molecular formula is C9H6Cl2O2. The second kappa shape index (κ2) is 4.30. The van der Waals surface area contributed by atoms with Gasteiger partial charge >= 0.3 is 0 Å². The monoisotopic (exact) mass is 216 g/mol. The summed E-state index contributed by atoms with van der Waals surface area (Å²) in [5.74, 6) is 0. The van der Waals surface area contributed by atoms with E-state index in [4.69, 9.17) is 28.3 Å². The molecule has 13 heavy (non-hydrogen) atoms. The summed E-state index contributed by atoms with van der Waals surface area (Å²) < 4.78 is 0. The van der Waals surface area contributed by atoms with Crippen molar-refractivity contribution in [3.8, 4) is 0 Å². The summed E-state index contributed by atoms with van der Waals surface area (Å²) in [5, 5.41) is 9.43. The molecule has 0 radical (unpaired) electrons. The summed E-state index contributed by atoms with van der Waals surface area (Å²) in [6.07, 6.45) is 1.27. The summed E-state index contributed by atoms with van der Waals surface area (Å²) in [7, 11) is 0. The Morgan fingerprint density at radius 3 is 2.46 bits per heavy atom. The number of aliphatic hydroxyl groups is 1. The molecule has 1 aromatic carbocycles. The van der Waals surface area contributed by atoms with Crippen LogP contribution in [0.4, 0.5) is 0 Å². The van der Waals surface area contributed by atoms with Crippen molar-refractivity contribution in [1.29, 1.82) is 0 Å². The topological polar surface area (TPSA) is 37.3 Å². The zero-order valence-electron chi connectivity index (χ0n) is 6.50. The van der Waals surface area contributed by atoms with Gasteiger partial charge < -0.3 is 5.11 Å². The first-order valence-corrected chi connectivity index (χ1v) is 4.19. The largest absolute Gasteiger partial charge is 0.515 e. The minimum Gasteiger partial charge on any atom is -0.515 e. The molecule has 0 bridgehead atoms. The molecule has 0 aliphatic rings. The van der Waals surface area contributed by atoms with Crippen LogP contribution in [0.15, 0.2) is 24.5 Å². The molecule has 1 rings (SSSR count). The predicted molar refractivity (Wildman–Crippen MR) is 53.1 cm³/mol. The highest BCUT2D eigenvalue weighted by Crippen LogP contribution is 2.25. The van der Waals surface area contributed by atoms with Gasteiger partial charge in [0.15, 0.2) is 6.29 Å². The van der Waals surface area contributed by atoms with E-state index in [1.165, 1.54) is 6.07 Å². The van der Waals surface area contributed by atoms with Crippen LogP contribution in [-0.2, 0) is 4.79 Å². The minimum absolute atomic E-state index is 0.165. The molecule has 2 nitrogen and oxygen atoms in total. The average molecular weight is 217 g/mol.